The molecule has 1 N–H and O–H groups in total. The van der Waals surface area contributed by atoms with Crippen LogP contribution in [-0.2, 0) is 14.8 Å². The second-order valence-electron chi connectivity index (χ2n) is 7.60. The molecule has 1 aliphatic rings. The van der Waals surface area contributed by atoms with E-state index in [0.717, 1.165) is 16.4 Å². The van der Waals surface area contributed by atoms with Gasteiger partial charge in [-0.3, -0.25) is 9.59 Å². The van der Waals surface area contributed by atoms with Crippen molar-refractivity contribution in [1.82, 2.24) is 4.31 Å². The lowest BCUT2D eigenvalue weighted by molar-refractivity contribution is -0.119. The zero-order valence-corrected chi connectivity index (χ0v) is 19.8. The molecule has 0 spiro atoms. The number of ketones is 1. The number of sulfonamides is 1. The summed E-state index contributed by atoms with van der Waals surface area (Å²) in [5.41, 5.74) is 1.05. The third-order valence-corrected chi connectivity index (χ3v) is 7.86. The van der Waals surface area contributed by atoms with Gasteiger partial charge in [0.2, 0.25) is 15.9 Å². The Morgan fingerprint density at radius 1 is 1.00 bits per heavy atom. The first-order valence-electron chi connectivity index (χ1n) is 10.2. The highest BCUT2D eigenvalue weighted by molar-refractivity contribution is 9.10. The molecule has 9 heteroatoms. The van der Waals surface area contributed by atoms with Crippen molar-refractivity contribution in [2.75, 3.05) is 11.9 Å². The molecule has 1 unspecified atom stereocenters. The highest BCUT2D eigenvalue weighted by atomic mass is 79.9. The van der Waals surface area contributed by atoms with Crippen molar-refractivity contribution in [3.05, 3.63) is 94.2 Å². The minimum atomic E-state index is -3.99. The molecule has 3 aromatic rings. The number of benzene rings is 3. The van der Waals surface area contributed by atoms with Crippen molar-refractivity contribution in [3.63, 3.8) is 0 Å². The van der Waals surface area contributed by atoms with Crippen LogP contribution in [0.15, 0.2) is 82.2 Å². The van der Waals surface area contributed by atoms with E-state index in [9.17, 15) is 22.4 Å². The summed E-state index contributed by atoms with van der Waals surface area (Å²) in [7, 11) is -3.99. The summed E-state index contributed by atoms with van der Waals surface area (Å²) >= 11 is 3.36. The summed E-state index contributed by atoms with van der Waals surface area (Å²) < 4.78 is 41.2. The van der Waals surface area contributed by atoms with Crippen LogP contribution in [0, 0.1) is 5.82 Å². The van der Waals surface area contributed by atoms with E-state index in [1.807, 2.05) is 0 Å². The monoisotopic (exact) mass is 530 g/mol. The Hall–Kier alpha value is -2.88. The molecule has 0 radical (unpaired) electrons. The maximum atomic E-state index is 13.2. The van der Waals surface area contributed by atoms with Crippen LogP contribution >= 0.6 is 15.9 Å². The van der Waals surface area contributed by atoms with Crippen LogP contribution in [-0.4, -0.2) is 37.0 Å². The maximum Gasteiger partial charge on any atom is 0.243 e. The second-order valence-corrected chi connectivity index (χ2v) is 10.4. The average molecular weight is 531 g/mol. The number of amides is 1. The fourth-order valence-corrected chi connectivity index (χ4v) is 5.82. The molecule has 1 atom stereocenters. The summed E-state index contributed by atoms with van der Waals surface area (Å²) in [5.74, 6) is -1.34. The minimum Gasteiger partial charge on any atom is -0.324 e. The van der Waals surface area contributed by atoms with E-state index in [-0.39, 0.29) is 22.8 Å². The number of nitrogens with zero attached hydrogens (tertiary/aromatic N) is 1. The minimum absolute atomic E-state index is 0.0767. The number of nitrogens with one attached hydrogen (secondary N) is 1. The van der Waals surface area contributed by atoms with Gasteiger partial charge in [0, 0.05) is 22.1 Å². The first kappa shape index (κ1) is 23.3. The van der Waals surface area contributed by atoms with Gasteiger partial charge in [-0.1, -0.05) is 46.3 Å². The lowest BCUT2D eigenvalue weighted by Gasteiger charge is -2.24. The van der Waals surface area contributed by atoms with Crippen LogP contribution in [0.25, 0.3) is 0 Å². The summed E-state index contributed by atoms with van der Waals surface area (Å²) in [4.78, 5) is 26.1. The first-order valence-corrected chi connectivity index (χ1v) is 12.5. The summed E-state index contributed by atoms with van der Waals surface area (Å²) in [6.07, 6.45) is 0.847. The van der Waals surface area contributed by atoms with Crippen LogP contribution in [0.3, 0.4) is 0 Å². The average Bonchev–Trinajstić information content (AvgIpc) is 3.32. The fourth-order valence-electron chi connectivity index (χ4n) is 3.81. The topological polar surface area (TPSA) is 83.6 Å². The molecule has 0 saturated carbocycles. The molecule has 1 aliphatic heterocycles. The molecule has 4 rings (SSSR count). The van der Waals surface area contributed by atoms with Gasteiger partial charge < -0.3 is 5.32 Å². The Labute approximate surface area is 199 Å². The lowest BCUT2D eigenvalue weighted by atomic mass is 10.0. The molecule has 1 saturated heterocycles. The van der Waals surface area contributed by atoms with Crippen molar-refractivity contribution in [2.24, 2.45) is 0 Å². The lowest BCUT2D eigenvalue weighted by Crippen LogP contribution is -2.43. The van der Waals surface area contributed by atoms with Crippen molar-refractivity contribution in [1.29, 1.82) is 0 Å². The van der Waals surface area contributed by atoms with E-state index < -0.39 is 27.8 Å². The first-order chi connectivity index (χ1) is 15.8. The van der Waals surface area contributed by atoms with Crippen LogP contribution in [0.5, 0.6) is 0 Å². The zero-order chi connectivity index (χ0) is 23.6. The Bertz CT molecular complexity index is 1300. The maximum absolute atomic E-state index is 13.2. The van der Waals surface area contributed by atoms with Crippen LogP contribution < -0.4 is 5.32 Å². The van der Waals surface area contributed by atoms with Crippen molar-refractivity contribution < 1.29 is 22.4 Å². The van der Waals surface area contributed by atoms with E-state index >= 15 is 0 Å². The Balaban J connectivity index is 1.61. The molecule has 0 bridgehead atoms. The summed E-state index contributed by atoms with van der Waals surface area (Å²) in [6, 6.07) is 17.2. The molecular formula is C24H20BrFN2O4S. The molecule has 3 aromatic carbocycles. The van der Waals surface area contributed by atoms with E-state index in [4.69, 9.17) is 0 Å². The SMILES string of the molecule is O=C(c1ccccc1)c1cc(Br)ccc1NC(=O)C1CCCN1S(=O)(=O)c1ccc(F)cc1. The van der Waals surface area contributed by atoms with Gasteiger partial charge in [0.15, 0.2) is 5.78 Å². The smallest absolute Gasteiger partial charge is 0.243 e. The number of carbonyl (C=O) groups excluding carboxylic acids is 2. The van der Waals surface area contributed by atoms with Crippen molar-refractivity contribution in [2.45, 2.75) is 23.8 Å². The Kier molecular flexibility index (Phi) is 6.73. The summed E-state index contributed by atoms with van der Waals surface area (Å²) in [5, 5.41) is 2.75. The third kappa shape index (κ3) is 4.90. The van der Waals surface area contributed by atoms with Crippen LogP contribution in [0.4, 0.5) is 10.1 Å². The largest absolute Gasteiger partial charge is 0.324 e. The zero-order valence-electron chi connectivity index (χ0n) is 17.4. The van der Waals surface area contributed by atoms with Gasteiger partial charge in [-0.25, -0.2) is 12.8 Å². The van der Waals surface area contributed by atoms with Gasteiger partial charge in [-0.05, 0) is 55.3 Å². The fraction of sp³-hybridized carbons (Fsp3) is 0.167. The molecule has 6 nitrogen and oxygen atoms in total. The van der Waals surface area contributed by atoms with Gasteiger partial charge in [0.1, 0.15) is 11.9 Å². The van der Waals surface area contributed by atoms with Crippen LogP contribution in [0.2, 0.25) is 0 Å². The molecule has 1 heterocycles. The highest BCUT2D eigenvalue weighted by Crippen LogP contribution is 2.29. The molecule has 1 fully saturated rings. The van der Waals surface area contributed by atoms with Gasteiger partial charge in [-0.2, -0.15) is 4.31 Å². The number of anilines is 1. The Morgan fingerprint density at radius 3 is 2.39 bits per heavy atom. The third-order valence-electron chi connectivity index (χ3n) is 5.45. The number of halogens is 2. The molecule has 0 aliphatic carbocycles. The molecular weight excluding hydrogens is 511 g/mol. The van der Waals surface area contributed by atoms with E-state index in [2.05, 4.69) is 21.2 Å². The molecule has 0 aromatic heterocycles. The predicted octanol–water partition coefficient (Wildman–Crippen LogP) is 4.61. The number of carbonyl (C=O) groups is 2. The van der Waals surface area contributed by atoms with E-state index in [1.54, 1.807) is 48.5 Å². The number of hydrogen-bond donors (Lipinski definition) is 1. The molecule has 1 amide bonds. The quantitative estimate of drug-likeness (QED) is 0.471. The predicted molar refractivity (Wildman–Crippen MR) is 126 cm³/mol. The molecule has 33 heavy (non-hydrogen) atoms. The van der Waals surface area contributed by atoms with E-state index in [0.29, 0.717) is 28.6 Å². The normalized spacial score (nSPS) is 16.5. The molecule has 170 valence electrons. The van der Waals surface area contributed by atoms with Crippen molar-refractivity contribution >= 4 is 43.3 Å². The van der Waals surface area contributed by atoms with Gasteiger partial charge in [0.25, 0.3) is 0 Å². The summed E-state index contributed by atoms with van der Waals surface area (Å²) in [6.45, 7) is 0.175. The highest BCUT2D eigenvalue weighted by Gasteiger charge is 2.39. The van der Waals surface area contributed by atoms with E-state index in [1.165, 1.54) is 12.1 Å². The number of hydrogen-bond acceptors (Lipinski definition) is 4. The van der Waals surface area contributed by atoms with Crippen molar-refractivity contribution in [3.8, 4) is 0 Å². The standard InChI is InChI=1S/C24H20BrFN2O4S/c25-17-8-13-21(20(15-17)23(29)16-5-2-1-3-6-16)27-24(30)22-7-4-14-28(22)33(31,32)19-11-9-18(26)10-12-19/h1-3,5-6,8-13,15,22H,4,7,14H2,(H,27,30). The Morgan fingerprint density at radius 2 is 1.70 bits per heavy atom. The second kappa shape index (κ2) is 9.54. The van der Waals surface area contributed by atoms with Gasteiger partial charge in [0.05, 0.1) is 10.6 Å². The number of rotatable bonds is 6. The van der Waals surface area contributed by atoms with Crippen LogP contribution in [0.1, 0.15) is 28.8 Å². The van der Waals surface area contributed by atoms with Gasteiger partial charge in [-0.15, -0.1) is 0 Å². The van der Waals surface area contributed by atoms with Gasteiger partial charge >= 0.3 is 0 Å².